The third-order valence-corrected chi connectivity index (χ3v) is 5.31. The normalized spacial score (nSPS) is 11.0. The average Bonchev–Trinajstić information content (AvgIpc) is 2.73. The van der Waals surface area contributed by atoms with Gasteiger partial charge in [0, 0.05) is 30.4 Å². The van der Waals surface area contributed by atoms with Crippen molar-refractivity contribution >= 4 is 5.97 Å². The first kappa shape index (κ1) is 23.5. The Bertz CT molecular complexity index is 1070. The van der Waals surface area contributed by atoms with Gasteiger partial charge in [0.15, 0.2) is 0 Å². The lowest BCUT2D eigenvalue weighted by molar-refractivity contribution is -0.131. The standard InChI is InChI=1S/C27H32N2O3/c1-17(2)14-26-24(15-28)27(21-8-6-18(3)7-9-21)25(19(4)29-26)16-31-22-10-12-23(13-11-22)32-20(5)30/h6-13,17H,14-16,28H2,1-5H3. The van der Waals surface area contributed by atoms with E-state index in [4.69, 9.17) is 20.2 Å². The van der Waals surface area contributed by atoms with Crippen LogP contribution in [0.5, 0.6) is 11.5 Å². The second-order valence-corrected chi connectivity index (χ2v) is 8.50. The Morgan fingerprint density at radius 1 is 0.969 bits per heavy atom. The predicted octanol–water partition coefficient (Wildman–Crippen LogP) is 5.53. The lowest BCUT2D eigenvalue weighted by Crippen LogP contribution is -2.14. The topological polar surface area (TPSA) is 74.4 Å². The van der Waals surface area contributed by atoms with Crippen LogP contribution in [0.3, 0.4) is 0 Å². The van der Waals surface area contributed by atoms with Gasteiger partial charge in [-0.1, -0.05) is 43.7 Å². The molecule has 32 heavy (non-hydrogen) atoms. The summed E-state index contributed by atoms with van der Waals surface area (Å²) in [5, 5.41) is 0. The molecule has 168 valence electrons. The molecule has 2 aromatic carbocycles. The maximum atomic E-state index is 11.1. The number of pyridine rings is 1. The highest BCUT2D eigenvalue weighted by atomic mass is 16.5. The number of ether oxygens (including phenoxy) is 2. The fourth-order valence-corrected chi connectivity index (χ4v) is 3.79. The van der Waals surface area contributed by atoms with E-state index >= 15 is 0 Å². The average molecular weight is 433 g/mol. The summed E-state index contributed by atoms with van der Waals surface area (Å²) >= 11 is 0. The van der Waals surface area contributed by atoms with Crippen LogP contribution in [0, 0.1) is 19.8 Å². The molecule has 0 aliphatic carbocycles. The van der Waals surface area contributed by atoms with Gasteiger partial charge >= 0.3 is 5.97 Å². The van der Waals surface area contributed by atoms with Crippen molar-refractivity contribution in [2.24, 2.45) is 11.7 Å². The van der Waals surface area contributed by atoms with Crippen molar-refractivity contribution in [1.29, 1.82) is 0 Å². The Balaban J connectivity index is 2.00. The van der Waals surface area contributed by atoms with E-state index in [-0.39, 0.29) is 5.97 Å². The second kappa shape index (κ2) is 10.4. The Kier molecular flexibility index (Phi) is 7.65. The molecule has 3 rings (SSSR count). The quantitative estimate of drug-likeness (QED) is 0.374. The number of hydrogen-bond acceptors (Lipinski definition) is 5. The maximum absolute atomic E-state index is 11.1. The minimum atomic E-state index is -0.348. The molecule has 2 N–H and O–H groups in total. The summed E-state index contributed by atoms with van der Waals surface area (Å²) in [6.45, 7) is 10.7. The van der Waals surface area contributed by atoms with Crippen LogP contribution in [0.2, 0.25) is 0 Å². The monoisotopic (exact) mass is 432 g/mol. The SMILES string of the molecule is CC(=O)Oc1ccc(OCc2c(C)nc(CC(C)C)c(CN)c2-c2ccc(C)cc2)cc1. The van der Waals surface area contributed by atoms with Crippen LogP contribution in [0.4, 0.5) is 0 Å². The van der Waals surface area contributed by atoms with Gasteiger partial charge < -0.3 is 15.2 Å². The fraction of sp³-hybridized carbons (Fsp3) is 0.333. The van der Waals surface area contributed by atoms with Gasteiger partial charge in [-0.15, -0.1) is 0 Å². The minimum Gasteiger partial charge on any atom is -0.489 e. The lowest BCUT2D eigenvalue weighted by atomic mass is 9.90. The van der Waals surface area contributed by atoms with Crippen molar-refractivity contribution in [2.45, 2.75) is 54.2 Å². The summed E-state index contributed by atoms with van der Waals surface area (Å²) in [6, 6.07) is 15.5. The highest BCUT2D eigenvalue weighted by Crippen LogP contribution is 2.33. The molecule has 0 spiro atoms. The van der Waals surface area contributed by atoms with E-state index in [0.29, 0.717) is 30.6 Å². The number of rotatable bonds is 8. The Morgan fingerprint density at radius 2 is 1.59 bits per heavy atom. The highest BCUT2D eigenvalue weighted by molar-refractivity contribution is 5.73. The highest BCUT2D eigenvalue weighted by Gasteiger charge is 2.19. The first-order chi connectivity index (χ1) is 15.3. The van der Waals surface area contributed by atoms with Gasteiger partial charge in [0.25, 0.3) is 0 Å². The first-order valence-electron chi connectivity index (χ1n) is 11.0. The summed E-state index contributed by atoms with van der Waals surface area (Å²) in [4.78, 5) is 16.1. The Labute approximate surface area is 190 Å². The number of carbonyl (C=O) groups excluding carboxylic acids is 1. The molecule has 0 bridgehead atoms. The maximum Gasteiger partial charge on any atom is 0.308 e. The van der Waals surface area contributed by atoms with Gasteiger partial charge in [0.05, 0.1) is 0 Å². The van der Waals surface area contributed by atoms with Gasteiger partial charge in [0.1, 0.15) is 18.1 Å². The summed E-state index contributed by atoms with van der Waals surface area (Å²) < 4.78 is 11.2. The van der Waals surface area contributed by atoms with E-state index in [1.807, 2.05) is 6.92 Å². The molecule has 0 saturated heterocycles. The molecule has 0 fully saturated rings. The molecular formula is C27H32N2O3. The van der Waals surface area contributed by atoms with E-state index < -0.39 is 0 Å². The van der Waals surface area contributed by atoms with Crippen LogP contribution in [-0.4, -0.2) is 11.0 Å². The molecule has 1 aromatic heterocycles. The van der Waals surface area contributed by atoms with Crippen LogP contribution in [0.1, 0.15) is 48.8 Å². The van der Waals surface area contributed by atoms with E-state index in [1.165, 1.54) is 12.5 Å². The van der Waals surface area contributed by atoms with Crippen molar-refractivity contribution in [3.8, 4) is 22.6 Å². The first-order valence-corrected chi connectivity index (χ1v) is 11.0. The van der Waals surface area contributed by atoms with Crippen LogP contribution in [0.15, 0.2) is 48.5 Å². The minimum absolute atomic E-state index is 0.348. The van der Waals surface area contributed by atoms with Crippen LogP contribution >= 0.6 is 0 Å². The van der Waals surface area contributed by atoms with Gasteiger partial charge in [-0.25, -0.2) is 0 Å². The van der Waals surface area contributed by atoms with Crippen molar-refractivity contribution in [3.63, 3.8) is 0 Å². The molecule has 1 heterocycles. The zero-order valence-corrected chi connectivity index (χ0v) is 19.6. The zero-order valence-electron chi connectivity index (χ0n) is 19.6. The molecule has 0 aliphatic rings. The largest absolute Gasteiger partial charge is 0.489 e. The summed E-state index contributed by atoms with van der Waals surface area (Å²) in [5.74, 6) is 1.32. The number of nitrogens with two attached hydrogens (primary N) is 1. The van der Waals surface area contributed by atoms with E-state index in [0.717, 1.165) is 40.1 Å². The van der Waals surface area contributed by atoms with Gasteiger partial charge in [-0.05, 0) is 67.1 Å². The lowest BCUT2D eigenvalue weighted by Gasteiger charge is -2.21. The zero-order chi connectivity index (χ0) is 23.3. The molecule has 0 radical (unpaired) electrons. The van der Waals surface area contributed by atoms with Gasteiger partial charge in [-0.3, -0.25) is 9.78 Å². The van der Waals surface area contributed by atoms with Crippen LogP contribution in [0.25, 0.3) is 11.1 Å². The third-order valence-electron chi connectivity index (χ3n) is 5.31. The van der Waals surface area contributed by atoms with Crippen molar-refractivity contribution in [2.75, 3.05) is 0 Å². The van der Waals surface area contributed by atoms with Crippen LogP contribution < -0.4 is 15.2 Å². The molecular weight excluding hydrogens is 400 g/mol. The summed E-state index contributed by atoms with van der Waals surface area (Å²) in [6.07, 6.45) is 0.880. The van der Waals surface area contributed by atoms with Crippen molar-refractivity contribution in [1.82, 2.24) is 4.98 Å². The predicted molar refractivity (Wildman–Crippen MR) is 128 cm³/mol. The van der Waals surface area contributed by atoms with Gasteiger partial charge in [-0.2, -0.15) is 0 Å². The van der Waals surface area contributed by atoms with Crippen molar-refractivity contribution < 1.29 is 14.3 Å². The third kappa shape index (κ3) is 5.74. The Hall–Kier alpha value is -3.18. The number of aromatic nitrogens is 1. The summed E-state index contributed by atoms with van der Waals surface area (Å²) in [7, 11) is 0. The van der Waals surface area contributed by atoms with E-state index in [2.05, 4.69) is 45.0 Å². The van der Waals surface area contributed by atoms with Gasteiger partial charge in [0.2, 0.25) is 0 Å². The molecule has 0 aliphatic heterocycles. The second-order valence-electron chi connectivity index (χ2n) is 8.50. The van der Waals surface area contributed by atoms with E-state index in [1.54, 1.807) is 24.3 Å². The molecule has 5 heteroatoms. The molecule has 3 aromatic rings. The Morgan fingerprint density at radius 3 is 2.16 bits per heavy atom. The molecule has 5 nitrogen and oxygen atoms in total. The van der Waals surface area contributed by atoms with Crippen molar-refractivity contribution in [3.05, 3.63) is 76.6 Å². The molecule has 0 atom stereocenters. The number of esters is 1. The molecule has 0 unspecified atom stereocenters. The number of carbonyl (C=O) groups is 1. The summed E-state index contributed by atoms with van der Waals surface area (Å²) in [5.41, 5.74) is 13.8. The number of hydrogen-bond donors (Lipinski definition) is 1. The number of aryl methyl sites for hydroxylation is 2. The number of nitrogens with zero attached hydrogens (tertiary/aromatic N) is 1. The number of benzene rings is 2. The molecule has 0 saturated carbocycles. The fourth-order valence-electron chi connectivity index (χ4n) is 3.79. The van der Waals surface area contributed by atoms with Crippen LogP contribution in [-0.2, 0) is 24.4 Å². The smallest absolute Gasteiger partial charge is 0.308 e. The van der Waals surface area contributed by atoms with E-state index in [9.17, 15) is 4.79 Å². The molecule has 0 amide bonds.